The molecule has 1 aliphatic heterocycles. The van der Waals surface area contributed by atoms with E-state index >= 15 is 0 Å². The lowest BCUT2D eigenvalue weighted by Crippen LogP contribution is -2.43. The molecule has 17 heavy (non-hydrogen) atoms. The number of nitrogens with zero attached hydrogens (tertiary/aromatic N) is 1. The zero-order valence-corrected chi connectivity index (χ0v) is 11.2. The molecule has 8 heteroatoms. The van der Waals surface area contributed by atoms with Crippen LogP contribution in [0.15, 0.2) is 0 Å². The number of rotatable bonds is 4. The van der Waals surface area contributed by atoms with Crippen LogP contribution in [0.4, 0.5) is 0 Å². The van der Waals surface area contributed by atoms with E-state index < -0.39 is 31.2 Å². The van der Waals surface area contributed by atoms with Crippen molar-refractivity contribution in [1.82, 2.24) is 4.72 Å². The van der Waals surface area contributed by atoms with Gasteiger partial charge < -0.3 is 0 Å². The Morgan fingerprint density at radius 2 is 1.94 bits per heavy atom. The Morgan fingerprint density at radius 1 is 1.41 bits per heavy atom. The van der Waals surface area contributed by atoms with E-state index in [2.05, 4.69) is 4.72 Å². The minimum absolute atomic E-state index is 0.0953. The number of sulfone groups is 1. The van der Waals surface area contributed by atoms with E-state index in [9.17, 15) is 16.8 Å². The quantitative estimate of drug-likeness (QED) is 0.767. The number of nitrogens with one attached hydrogen (secondary N) is 1. The molecule has 0 aliphatic carbocycles. The first-order valence-electron chi connectivity index (χ1n) is 5.42. The van der Waals surface area contributed by atoms with Crippen LogP contribution in [0.1, 0.15) is 26.2 Å². The molecule has 1 heterocycles. The third kappa shape index (κ3) is 3.94. The molecule has 0 amide bonds. The van der Waals surface area contributed by atoms with Crippen molar-refractivity contribution in [3.05, 3.63) is 0 Å². The van der Waals surface area contributed by atoms with Gasteiger partial charge in [-0.15, -0.1) is 0 Å². The van der Waals surface area contributed by atoms with Crippen LogP contribution in [-0.4, -0.2) is 39.6 Å². The number of nitriles is 1. The fourth-order valence-corrected chi connectivity index (χ4v) is 5.13. The van der Waals surface area contributed by atoms with Crippen molar-refractivity contribution >= 4 is 19.9 Å². The molecule has 1 unspecified atom stereocenters. The van der Waals surface area contributed by atoms with Crippen LogP contribution in [0.3, 0.4) is 0 Å². The maximum atomic E-state index is 11.9. The standard InChI is InChI=1S/C9H16N2O4S2/c1-2-8(7-10)11-17(14,15)9-3-5-16(12,13)6-4-9/h8-9,11H,2-6H2,1H3. The molecule has 1 fully saturated rings. The molecule has 0 spiro atoms. The van der Waals surface area contributed by atoms with Crippen LogP contribution >= 0.6 is 0 Å². The molecule has 1 rings (SSSR count). The van der Waals surface area contributed by atoms with Crippen molar-refractivity contribution in [2.75, 3.05) is 11.5 Å². The lowest BCUT2D eigenvalue weighted by molar-refractivity contribution is 0.535. The van der Waals surface area contributed by atoms with E-state index in [1.165, 1.54) is 0 Å². The van der Waals surface area contributed by atoms with Crippen molar-refractivity contribution in [3.8, 4) is 6.07 Å². The second-order valence-corrected chi connectivity index (χ2v) is 8.40. The second kappa shape index (κ2) is 5.33. The van der Waals surface area contributed by atoms with E-state index in [1.54, 1.807) is 6.92 Å². The van der Waals surface area contributed by atoms with Crippen molar-refractivity contribution in [2.24, 2.45) is 0 Å². The van der Waals surface area contributed by atoms with E-state index in [-0.39, 0.29) is 24.3 Å². The van der Waals surface area contributed by atoms with Crippen LogP contribution in [-0.2, 0) is 19.9 Å². The minimum atomic E-state index is -3.59. The molecule has 0 aromatic rings. The summed E-state index contributed by atoms with van der Waals surface area (Å²) in [5, 5.41) is 8.00. The maximum absolute atomic E-state index is 11.9. The van der Waals surface area contributed by atoms with E-state index in [0.717, 1.165) is 0 Å². The average molecular weight is 280 g/mol. The van der Waals surface area contributed by atoms with Gasteiger partial charge in [-0.05, 0) is 19.3 Å². The lowest BCUT2D eigenvalue weighted by atomic mass is 10.2. The molecule has 1 saturated heterocycles. The van der Waals surface area contributed by atoms with Crippen molar-refractivity contribution in [3.63, 3.8) is 0 Å². The molecule has 0 aromatic heterocycles. The molecule has 1 atom stereocenters. The van der Waals surface area contributed by atoms with Crippen molar-refractivity contribution in [1.29, 1.82) is 5.26 Å². The summed E-state index contributed by atoms with van der Waals surface area (Å²) < 4.78 is 48.4. The first-order valence-corrected chi connectivity index (χ1v) is 8.78. The SMILES string of the molecule is CCC(C#N)NS(=O)(=O)C1CCS(=O)(=O)CC1. The summed E-state index contributed by atoms with van der Waals surface area (Å²) in [6.07, 6.45) is 0.611. The Morgan fingerprint density at radius 3 is 2.35 bits per heavy atom. The highest BCUT2D eigenvalue weighted by atomic mass is 32.2. The van der Waals surface area contributed by atoms with Gasteiger partial charge in [0.2, 0.25) is 10.0 Å². The second-order valence-electron chi connectivity index (χ2n) is 4.10. The van der Waals surface area contributed by atoms with E-state index in [1.807, 2.05) is 6.07 Å². The van der Waals surface area contributed by atoms with Gasteiger partial charge in [-0.25, -0.2) is 16.8 Å². The summed E-state index contributed by atoms with van der Waals surface area (Å²) in [6, 6.07) is 1.12. The largest absolute Gasteiger partial charge is 0.229 e. The maximum Gasteiger partial charge on any atom is 0.215 e. The fourth-order valence-electron chi connectivity index (χ4n) is 1.67. The van der Waals surface area contributed by atoms with Crippen LogP contribution in [0, 0.1) is 11.3 Å². The summed E-state index contributed by atoms with van der Waals surface area (Å²) in [6.45, 7) is 1.71. The summed E-state index contributed by atoms with van der Waals surface area (Å²) in [4.78, 5) is 0. The Labute approximate surface area is 102 Å². The monoisotopic (exact) mass is 280 g/mol. The van der Waals surface area contributed by atoms with Gasteiger partial charge in [0.05, 0.1) is 22.8 Å². The van der Waals surface area contributed by atoms with Gasteiger partial charge in [-0.3, -0.25) is 0 Å². The molecule has 0 saturated carbocycles. The summed E-state index contributed by atoms with van der Waals surface area (Å²) in [7, 11) is -6.67. The summed E-state index contributed by atoms with van der Waals surface area (Å²) >= 11 is 0. The summed E-state index contributed by atoms with van der Waals surface area (Å²) in [5.41, 5.74) is 0. The highest BCUT2D eigenvalue weighted by Crippen LogP contribution is 2.19. The molecule has 1 N–H and O–H groups in total. The van der Waals surface area contributed by atoms with Gasteiger partial charge in [-0.2, -0.15) is 9.98 Å². The van der Waals surface area contributed by atoms with Crippen molar-refractivity contribution in [2.45, 2.75) is 37.5 Å². The Bertz CT molecular complexity index is 490. The highest BCUT2D eigenvalue weighted by Gasteiger charge is 2.33. The van der Waals surface area contributed by atoms with Crippen LogP contribution < -0.4 is 4.72 Å². The van der Waals surface area contributed by atoms with Crippen LogP contribution in [0.2, 0.25) is 0 Å². The van der Waals surface area contributed by atoms with Gasteiger partial charge in [0.25, 0.3) is 0 Å². The zero-order valence-electron chi connectivity index (χ0n) is 9.59. The molecular weight excluding hydrogens is 264 g/mol. The minimum Gasteiger partial charge on any atom is -0.229 e. The van der Waals surface area contributed by atoms with Gasteiger partial charge in [0.1, 0.15) is 15.9 Å². The van der Waals surface area contributed by atoms with E-state index in [0.29, 0.717) is 6.42 Å². The van der Waals surface area contributed by atoms with Crippen molar-refractivity contribution < 1.29 is 16.8 Å². The molecular formula is C9H16N2O4S2. The van der Waals surface area contributed by atoms with E-state index in [4.69, 9.17) is 5.26 Å². The third-order valence-corrected chi connectivity index (χ3v) is 6.49. The Balaban J connectivity index is 2.70. The number of sulfonamides is 1. The van der Waals surface area contributed by atoms with Gasteiger partial charge in [0.15, 0.2) is 0 Å². The van der Waals surface area contributed by atoms with Crippen LogP contribution in [0.25, 0.3) is 0 Å². The normalized spacial score (nSPS) is 22.8. The molecule has 1 aliphatic rings. The topological polar surface area (TPSA) is 104 Å². The lowest BCUT2D eigenvalue weighted by Gasteiger charge is -2.23. The molecule has 6 nitrogen and oxygen atoms in total. The molecule has 0 bridgehead atoms. The first kappa shape index (κ1) is 14.4. The predicted molar refractivity (Wildman–Crippen MR) is 63.4 cm³/mol. The Kier molecular flexibility index (Phi) is 4.52. The molecule has 98 valence electrons. The average Bonchev–Trinajstić information content (AvgIpc) is 2.25. The molecule has 0 radical (unpaired) electrons. The summed E-state index contributed by atoms with van der Waals surface area (Å²) in [5.74, 6) is -0.191. The fraction of sp³-hybridized carbons (Fsp3) is 0.889. The predicted octanol–water partition coefficient (Wildman–Crippen LogP) is -0.215. The van der Waals surface area contributed by atoms with Gasteiger partial charge >= 0.3 is 0 Å². The smallest absolute Gasteiger partial charge is 0.215 e. The van der Waals surface area contributed by atoms with Gasteiger partial charge in [-0.1, -0.05) is 6.92 Å². The number of hydrogen-bond acceptors (Lipinski definition) is 5. The zero-order chi connectivity index (χ0) is 13.1. The van der Waals surface area contributed by atoms with Gasteiger partial charge in [0, 0.05) is 0 Å². The van der Waals surface area contributed by atoms with Crippen LogP contribution in [0.5, 0.6) is 0 Å². The third-order valence-electron chi connectivity index (χ3n) is 2.81. The first-order chi connectivity index (χ1) is 7.80. The highest BCUT2D eigenvalue weighted by molar-refractivity contribution is 7.92. The Hall–Kier alpha value is -0.650. The molecule has 0 aromatic carbocycles. The number of hydrogen-bond donors (Lipinski definition) is 1.